The third-order valence-electron chi connectivity index (χ3n) is 4.96. The molecule has 0 aliphatic carbocycles. The molecule has 2 heterocycles. The summed E-state index contributed by atoms with van der Waals surface area (Å²) in [4.78, 5) is 16.6. The molecule has 0 aromatic heterocycles. The summed E-state index contributed by atoms with van der Waals surface area (Å²) in [5.41, 5.74) is 7.86. The van der Waals surface area contributed by atoms with Crippen molar-refractivity contribution in [3.8, 4) is 0 Å². The van der Waals surface area contributed by atoms with Gasteiger partial charge in [-0.3, -0.25) is 4.79 Å². The first-order valence-electron chi connectivity index (χ1n) is 8.25. The molecule has 3 nitrogen and oxygen atoms in total. The number of hydrogen-bond acceptors (Lipinski definition) is 3. The summed E-state index contributed by atoms with van der Waals surface area (Å²) in [6.07, 6.45) is 0.707. The number of anilines is 2. The molecule has 2 aliphatic heterocycles. The molecule has 2 aliphatic rings. The molecular weight excluding hydrogens is 284 g/mol. The molecule has 0 amide bonds. The van der Waals surface area contributed by atoms with E-state index in [1.807, 2.05) is 0 Å². The lowest BCUT2D eigenvalue weighted by atomic mass is 9.95. The quantitative estimate of drug-likeness (QED) is 0.839. The van der Waals surface area contributed by atoms with E-state index in [9.17, 15) is 4.79 Å². The normalized spacial score (nSPS) is 16.1. The van der Waals surface area contributed by atoms with E-state index in [-0.39, 0.29) is 11.9 Å². The zero-order chi connectivity index (χ0) is 16.1. The number of benzene rings is 2. The van der Waals surface area contributed by atoms with Crippen LogP contribution in [-0.4, -0.2) is 11.9 Å². The van der Waals surface area contributed by atoms with E-state index >= 15 is 0 Å². The fraction of sp³-hybridized carbons (Fsp3) is 0.350. The number of nitrogens with zero attached hydrogens (tertiary/aromatic N) is 2. The van der Waals surface area contributed by atoms with Crippen molar-refractivity contribution in [3.63, 3.8) is 0 Å². The Labute approximate surface area is 137 Å². The zero-order valence-electron chi connectivity index (χ0n) is 14.0. The number of carbonyl (C=O) groups excluding carboxylic acids is 1. The minimum absolute atomic E-state index is 0.137. The minimum atomic E-state index is 0.137. The van der Waals surface area contributed by atoms with Gasteiger partial charge in [0, 0.05) is 30.9 Å². The SMILES string of the molecule is CC(=O)CC1N2Cc3cc(C)ccc3N1Cc1cc(C)ccc12. The number of ketones is 1. The highest BCUT2D eigenvalue weighted by Gasteiger charge is 2.38. The number of aryl methyl sites for hydroxylation is 2. The van der Waals surface area contributed by atoms with E-state index in [0.717, 1.165) is 13.1 Å². The van der Waals surface area contributed by atoms with Gasteiger partial charge in [0.25, 0.3) is 0 Å². The molecule has 2 bridgehead atoms. The third-order valence-corrected chi connectivity index (χ3v) is 4.96. The molecule has 0 spiro atoms. The van der Waals surface area contributed by atoms with Crippen LogP contribution in [0.3, 0.4) is 0 Å². The van der Waals surface area contributed by atoms with Crippen molar-refractivity contribution in [2.75, 3.05) is 9.80 Å². The summed E-state index contributed by atoms with van der Waals surface area (Å²) in [7, 11) is 0. The van der Waals surface area contributed by atoms with Crippen molar-refractivity contribution in [1.82, 2.24) is 0 Å². The van der Waals surface area contributed by atoms with Crippen LogP contribution in [0.5, 0.6) is 0 Å². The van der Waals surface area contributed by atoms with Crippen LogP contribution in [0.2, 0.25) is 0 Å². The molecule has 2 aromatic carbocycles. The van der Waals surface area contributed by atoms with Crippen molar-refractivity contribution in [2.45, 2.75) is 46.4 Å². The Morgan fingerprint density at radius 1 is 0.957 bits per heavy atom. The zero-order valence-corrected chi connectivity index (χ0v) is 14.0. The lowest BCUT2D eigenvalue weighted by Crippen LogP contribution is -2.55. The van der Waals surface area contributed by atoms with Gasteiger partial charge in [-0.15, -0.1) is 0 Å². The van der Waals surface area contributed by atoms with Crippen LogP contribution < -0.4 is 9.80 Å². The molecule has 2 aromatic rings. The Bertz CT molecular complexity index is 737. The van der Waals surface area contributed by atoms with Crippen molar-refractivity contribution < 1.29 is 4.79 Å². The van der Waals surface area contributed by atoms with Crippen LogP contribution in [0.15, 0.2) is 36.4 Å². The molecule has 0 N–H and O–H groups in total. The van der Waals surface area contributed by atoms with Crippen LogP contribution in [0.1, 0.15) is 35.6 Å². The summed E-state index contributed by atoms with van der Waals surface area (Å²) in [5, 5.41) is 0. The first-order valence-corrected chi connectivity index (χ1v) is 8.25. The van der Waals surface area contributed by atoms with E-state index in [1.54, 1.807) is 6.92 Å². The van der Waals surface area contributed by atoms with Crippen molar-refractivity contribution in [3.05, 3.63) is 58.7 Å². The van der Waals surface area contributed by atoms with Crippen LogP contribution >= 0.6 is 0 Å². The van der Waals surface area contributed by atoms with Crippen molar-refractivity contribution >= 4 is 17.2 Å². The number of fused-ring (bicyclic) bond motifs is 6. The summed E-state index contributed by atoms with van der Waals surface area (Å²) >= 11 is 0. The first-order chi connectivity index (χ1) is 11.0. The van der Waals surface area contributed by atoms with E-state index in [0.29, 0.717) is 6.42 Å². The molecule has 4 rings (SSSR count). The lowest BCUT2D eigenvalue weighted by Gasteiger charge is -2.51. The van der Waals surface area contributed by atoms with Gasteiger partial charge in [-0.25, -0.2) is 0 Å². The fourth-order valence-corrected chi connectivity index (χ4v) is 3.96. The molecule has 3 heteroatoms. The number of Topliss-reactive ketones (excluding diaryl/α,β-unsaturated/α-hetero) is 1. The molecule has 0 atom stereocenters. The molecular formula is C20H22N2O. The number of rotatable bonds is 2. The Morgan fingerprint density at radius 3 is 1.87 bits per heavy atom. The summed E-state index contributed by atoms with van der Waals surface area (Å²) < 4.78 is 0. The molecule has 0 radical (unpaired) electrons. The van der Waals surface area contributed by atoms with Gasteiger partial charge >= 0.3 is 0 Å². The van der Waals surface area contributed by atoms with Crippen LogP contribution in [0.25, 0.3) is 0 Å². The van der Waals surface area contributed by atoms with Crippen LogP contribution in [0.4, 0.5) is 11.4 Å². The second-order valence-electron chi connectivity index (χ2n) is 6.91. The maximum absolute atomic E-state index is 11.8. The van der Waals surface area contributed by atoms with Gasteiger partial charge < -0.3 is 9.80 Å². The lowest BCUT2D eigenvalue weighted by molar-refractivity contribution is -0.117. The molecule has 0 saturated carbocycles. The highest BCUT2D eigenvalue weighted by Crippen LogP contribution is 2.42. The van der Waals surface area contributed by atoms with E-state index in [1.165, 1.54) is 33.6 Å². The fourth-order valence-electron chi connectivity index (χ4n) is 3.96. The van der Waals surface area contributed by atoms with Crippen LogP contribution in [-0.2, 0) is 17.9 Å². The topological polar surface area (TPSA) is 23.6 Å². The summed E-state index contributed by atoms with van der Waals surface area (Å²) in [5.74, 6) is 0.246. The second kappa shape index (κ2) is 5.12. The van der Waals surface area contributed by atoms with Gasteiger partial charge in [0.05, 0.1) is 0 Å². The van der Waals surface area contributed by atoms with E-state index in [2.05, 4.69) is 60.0 Å². The number of carbonyl (C=O) groups is 1. The molecule has 118 valence electrons. The number of hydrogen-bond donors (Lipinski definition) is 0. The molecule has 23 heavy (non-hydrogen) atoms. The Kier molecular flexibility index (Phi) is 3.19. The molecule has 0 unspecified atom stereocenters. The maximum atomic E-state index is 11.8. The van der Waals surface area contributed by atoms with Gasteiger partial charge in [-0.05, 0) is 44.0 Å². The predicted octanol–water partition coefficient (Wildman–Crippen LogP) is 3.95. The van der Waals surface area contributed by atoms with Crippen LogP contribution in [0, 0.1) is 13.8 Å². The van der Waals surface area contributed by atoms with Gasteiger partial charge in [0.1, 0.15) is 11.9 Å². The smallest absolute Gasteiger partial charge is 0.133 e. The Morgan fingerprint density at radius 2 is 1.43 bits per heavy atom. The minimum Gasteiger partial charge on any atom is -0.346 e. The highest BCUT2D eigenvalue weighted by atomic mass is 16.1. The summed E-state index contributed by atoms with van der Waals surface area (Å²) in [6.45, 7) is 7.72. The van der Waals surface area contributed by atoms with Crippen molar-refractivity contribution in [1.29, 1.82) is 0 Å². The predicted molar refractivity (Wildman–Crippen MR) is 93.8 cm³/mol. The van der Waals surface area contributed by atoms with Crippen molar-refractivity contribution in [2.24, 2.45) is 0 Å². The Balaban J connectivity index is 1.86. The second-order valence-corrected chi connectivity index (χ2v) is 6.91. The Hall–Kier alpha value is -2.29. The third kappa shape index (κ3) is 2.31. The maximum Gasteiger partial charge on any atom is 0.133 e. The summed E-state index contributed by atoms with van der Waals surface area (Å²) in [6, 6.07) is 13.3. The van der Waals surface area contributed by atoms with Gasteiger partial charge in [-0.2, -0.15) is 0 Å². The molecule has 0 fully saturated rings. The van der Waals surface area contributed by atoms with Gasteiger partial charge in [0.15, 0.2) is 0 Å². The standard InChI is InChI=1S/C20H22N2O/c1-13-4-6-18-16(8-13)11-21-19-7-5-14(2)9-17(19)12-22(18)20(21)10-15(3)23/h4-9,20H,10-12H2,1-3H3. The molecule has 0 saturated heterocycles. The van der Waals surface area contributed by atoms with E-state index < -0.39 is 0 Å². The highest BCUT2D eigenvalue weighted by molar-refractivity contribution is 5.79. The average Bonchev–Trinajstić information content (AvgIpc) is 2.47. The monoisotopic (exact) mass is 306 g/mol. The first kappa shape index (κ1) is 14.3. The largest absolute Gasteiger partial charge is 0.346 e. The van der Waals surface area contributed by atoms with Gasteiger partial charge in [-0.1, -0.05) is 35.4 Å². The van der Waals surface area contributed by atoms with E-state index in [4.69, 9.17) is 0 Å². The van der Waals surface area contributed by atoms with Gasteiger partial charge in [0.2, 0.25) is 0 Å². The average molecular weight is 306 g/mol.